The number of nitrogens with zero attached hydrogens (tertiary/aromatic N) is 2. The molecule has 0 amide bonds. The third kappa shape index (κ3) is 3.14. The summed E-state index contributed by atoms with van der Waals surface area (Å²) in [6.07, 6.45) is 2.13. The fraction of sp³-hybridized carbons (Fsp3) is 0.176. The SMILES string of the molecule is O=c1c2ccc(F)cc2ncn1CCCOc1ccccc1. The molecule has 2 aromatic carbocycles. The number of benzene rings is 2. The molecule has 0 radical (unpaired) electrons. The molecule has 0 unspecified atom stereocenters. The van der Waals surface area contributed by atoms with Crippen LogP contribution in [0.25, 0.3) is 10.9 Å². The first-order valence-electron chi connectivity index (χ1n) is 7.06. The van der Waals surface area contributed by atoms with Crippen LogP contribution in [-0.4, -0.2) is 16.2 Å². The zero-order chi connectivity index (χ0) is 15.4. The Hall–Kier alpha value is -2.69. The maximum Gasteiger partial charge on any atom is 0.261 e. The Morgan fingerprint density at radius 2 is 1.95 bits per heavy atom. The second-order valence-corrected chi connectivity index (χ2v) is 4.92. The lowest BCUT2D eigenvalue weighted by Gasteiger charge is -2.08. The molecule has 0 atom stereocenters. The van der Waals surface area contributed by atoms with Gasteiger partial charge in [0.1, 0.15) is 11.6 Å². The Bertz CT molecular complexity index is 831. The molecule has 5 heteroatoms. The number of para-hydroxylation sites is 1. The van der Waals surface area contributed by atoms with Gasteiger partial charge in [0.15, 0.2) is 0 Å². The van der Waals surface area contributed by atoms with Crippen molar-refractivity contribution in [3.63, 3.8) is 0 Å². The minimum atomic E-state index is -0.395. The number of hydrogen-bond donors (Lipinski definition) is 0. The summed E-state index contributed by atoms with van der Waals surface area (Å²) >= 11 is 0. The topological polar surface area (TPSA) is 44.1 Å². The van der Waals surface area contributed by atoms with Crippen molar-refractivity contribution >= 4 is 10.9 Å². The number of fused-ring (bicyclic) bond motifs is 1. The predicted molar refractivity (Wildman–Crippen MR) is 82.5 cm³/mol. The van der Waals surface area contributed by atoms with Crippen LogP contribution in [0.1, 0.15) is 6.42 Å². The van der Waals surface area contributed by atoms with Gasteiger partial charge in [-0.3, -0.25) is 9.36 Å². The molecule has 1 aromatic heterocycles. The molecule has 0 N–H and O–H groups in total. The molecule has 0 bridgehead atoms. The van der Waals surface area contributed by atoms with Gasteiger partial charge in [0.25, 0.3) is 5.56 Å². The minimum Gasteiger partial charge on any atom is -0.494 e. The van der Waals surface area contributed by atoms with Gasteiger partial charge in [-0.1, -0.05) is 18.2 Å². The van der Waals surface area contributed by atoms with E-state index in [2.05, 4.69) is 4.98 Å². The van der Waals surface area contributed by atoms with Gasteiger partial charge in [-0.2, -0.15) is 0 Å². The van der Waals surface area contributed by atoms with Crippen LogP contribution in [0.4, 0.5) is 4.39 Å². The van der Waals surface area contributed by atoms with E-state index >= 15 is 0 Å². The Morgan fingerprint density at radius 1 is 1.14 bits per heavy atom. The highest BCUT2D eigenvalue weighted by atomic mass is 19.1. The summed E-state index contributed by atoms with van der Waals surface area (Å²) in [6, 6.07) is 13.5. The van der Waals surface area contributed by atoms with Crippen LogP contribution in [0.3, 0.4) is 0 Å². The van der Waals surface area contributed by atoms with Gasteiger partial charge >= 0.3 is 0 Å². The van der Waals surface area contributed by atoms with E-state index in [9.17, 15) is 9.18 Å². The third-order valence-electron chi connectivity index (χ3n) is 3.34. The van der Waals surface area contributed by atoms with Crippen LogP contribution in [0.15, 0.2) is 59.7 Å². The van der Waals surface area contributed by atoms with Crippen molar-refractivity contribution < 1.29 is 9.13 Å². The average Bonchev–Trinajstić information content (AvgIpc) is 2.54. The highest BCUT2D eigenvalue weighted by Crippen LogP contribution is 2.10. The molecule has 0 aliphatic heterocycles. The molecular weight excluding hydrogens is 283 g/mol. The van der Waals surface area contributed by atoms with Gasteiger partial charge in [0.05, 0.1) is 23.8 Å². The summed E-state index contributed by atoms with van der Waals surface area (Å²) in [6.45, 7) is 1.02. The summed E-state index contributed by atoms with van der Waals surface area (Å²) in [4.78, 5) is 16.4. The zero-order valence-electron chi connectivity index (χ0n) is 11.9. The molecule has 1 heterocycles. The predicted octanol–water partition coefficient (Wildman–Crippen LogP) is 3.00. The molecule has 0 aliphatic carbocycles. The van der Waals surface area contributed by atoms with Gasteiger partial charge in [-0.05, 0) is 30.7 Å². The molecule has 0 saturated carbocycles. The van der Waals surface area contributed by atoms with Crippen LogP contribution in [0.5, 0.6) is 5.75 Å². The lowest BCUT2D eigenvalue weighted by atomic mass is 10.2. The second kappa shape index (κ2) is 6.39. The number of halogens is 1. The Labute approximate surface area is 126 Å². The van der Waals surface area contributed by atoms with Gasteiger partial charge in [-0.25, -0.2) is 9.37 Å². The Kier molecular flexibility index (Phi) is 4.14. The van der Waals surface area contributed by atoms with Crippen molar-refractivity contribution in [2.75, 3.05) is 6.61 Å². The summed E-state index contributed by atoms with van der Waals surface area (Å²) < 4.78 is 20.2. The smallest absolute Gasteiger partial charge is 0.261 e. The number of aromatic nitrogens is 2. The maximum atomic E-state index is 13.1. The van der Waals surface area contributed by atoms with E-state index in [-0.39, 0.29) is 5.56 Å². The lowest BCUT2D eigenvalue weighted by Crippen LogP contribution is -2.21. The van der Waals surface area contributed by atoms with Gasteiger partial charge in [-0.15, -0.1) is 0 Å². The van der Waals surface area contributed by atoms with E-state index in [1.807, 2.05) is 30.3 Å². The molecule has 3 rings (SSSR count). The molecule has 22 heavy (non-hydrogen) atoms. The van der Waals surface area contributed by atoms with Crippen LogP contribution in [0, 0.1) is 5.82 Å². The molecule has 4 nitrogen and oxygen atoms in total. The highest BCUT2D eigenvalue weighted by Gasteiger charge is 2.05. The molecule has 0 spiro atoms. The van der Waals surface area contributed by atoms with Crippen molar-refractivity contribution in [1.82, 2.24) is 9.55 Å². The second-order valence-electron chi connectivity index (χ2n) is 4.92. The first kappa shape index (κ1) is 14.3. The average molecular weight is 298 g/mol. The first-order valence-corrected chi connectivity index (χ1v) is 7.06. The minimum absolute atomic E-state index is 0.162. The fourth-order valence-corrected chi connectivity index (χ4v) is 2.23. The van der Waals surface area contributed by atoms with Crippen molar-refractivity contribution in [2.45, 2.75) is 13.0 Å². The van der Waals surface area contributed by atoms with E-state index in [0.29, 0.717) is 30.5 Å². The Balaban J connectivity index is 1.66. The largest absolute Gasteiger partial charge is 0.494 e. The maximum absolute atomic E-state index is 13.1. The van der Waals surface area contributed by atoms with E-state index in [4.69, 9.17) is 4.74 Å². The van der Waals surface area contributed by atoms with Crippen LogP contribution in [-0.2, 0) is 6.54 Å². The van der Waals surface area contributed by atoms with Crippen LogP contribution < -0.4 is 10.3 Å². The number of rotatable bonds is 5. The normalized spacial score (nSPS) is 10.8. The van der Waals surface area contributed by atoms with Crippen molar-refractivity contribution in [2.24, 2.45) is 0 Å². The summed E-state index contributed by atoms with van der Waals surface area (Å²) in [5, 5.41) is 0.424. The van der Waals surface area contributed by atoms with Crippen LogP contribution >= 0.6 is 0 Å². The van der Waals surface area contributed by atoms with Crippen molar-refractivity contribution in [3.8, 4) is 5.75 Å². The number of aryl methyl sites for hydroxylation is 1. The summed E-state index contributed by atoms with van der Waals surface area (Å²) in [5.74, 6) is 0.412. The molecular formula is C17H15FN2O2. The number of ether oxygens (including phenoxy) is 1. The molecule has 0 fully saturated rings. The number of hydrogen-bond acceptors (Lipinski definition) is 3. The van der Waals surface area contributed by atoms with E-state index in [1.54, 1.807) is 0 Å². The summed E-state index contributed by atoms with van der Waals surface area (Å²) in [7, 11) is 0. The van der Waals surface area contributed by atoms with Crippen molar-refractivity contribution in [1.29, 1.82) is 0 Å². The van der Waals surface area contributed by atoms with Crippen LogP contribution in [0.2, 0.25) is 0 Å². The van der Waals surface area contributed by atoms with Crippen molar-refractivity contribution in [3.05, 3.63) is 71.0 Å². The highest BCUT2D eigenvalue weighted by molar-refractivity contribution is 5.77. The molecule has 0 aliphatic rings. The monoisotopic (exact) mass is 298 g/mol. The van der Waals surface area contributed by atoms with Gasteiger partial charge in [0.2, 0.25) is 0 Å². The first-order chi connectivity index (χ1) is 10.7. The van der Waals surface area contributed by atoms with Gasteiger partial charge < -0.3 is 4.74 Å². The zero-order valence-corrected chi connectivity index (χ0v) is 11.9. The van der Waals surface area contributed by atoms with E-state index < -0.39 is 5.82 Å². The fourth-order valence-electron chi connectivity index (χ4n) is 2.23. The third-order valence-corrected chi connectivity index (χ3v) is 3.34. The molecule has 3 aromatic rings. The molecule has 0 saturated heterocycles. The Morgan fingerprint density at radius 3 is 2.77 bits per heavy atom. The standard InChI is InChI=1S/C17H15FN2O2/c18-13-7-8-15-16(11-13)19-12-20(17(15)21)9-4-10-22-14-5-2-1-3-6-14/h1-3,5-8,11-12H,4,9-10H2. The van der Waals surface area contributed by atoms with Gasteiger partial charge in [0, 0.05) is 12.6 Å². The van der Waals surface area contributed by atoms with E-state index in [1.165, 1.54) is 29.1 Å². The molecule has 112 valence electrons. The lowest BCUT2D eigenvalue weighted by molar-refractivity contribution is 0.301. The summed E-state index contributed by atoms with van der Waals surface area (Å²) in [5.41, 5.74) is 0.214. The quantitative estimate of drug-likeness (QED) is 0.680. The van der Waals surface area contributed by atoms with E-state index in [0.717, 1.165) is 5.75 Å².